The molecule has 0 bridgehead atoms. The molecule has 0 fully saturated rings. The number of pyridine rings is 1. The number of anilines is 1. The van der Waals surface area contributed by atoms with Crippen LogP contribution in [-0.4, -0.2) is 21.2 Å². The molecule has 0 aliphatic carbocycles. The summed E-state index contributed by atoms with van der Waals surface area (Å²) in [6, 6.07) is 7.37. The number of carbonyl (C=O) groups is 1. The highest BCUT2D eigenvalue weighted by Crippen LogP contribution is 2.21. The first-order valence-corrected chi connectivity index (χ1v) is 6.11. The van der Waals surface area contributed by atoms with E-state index in [2.05, 4.69) is 25.2 Å². The number of aryl methyl sites for hydroxylation is 2. The second-order valence-corrected chi connectivity index (χ2v) is 4.46. The van der Waals surface area contributed by atoms with Crippen molar-refractivity contribution in [3.05, 3.63) is 47.3 Å². The molecule has 0 atom stereocenters. The Balaban J connectivity index is 2.00. The van der Waals surface area contributed by atoms with E-state index in [4.69, 9.17) is 0 Å². The fraction of sp³-hybridized carbons (Fsp3) is 0.143. The van der Waals surface area contributed by atoms with Crippen LogP contribution in [0.2, 0.25) is 0 Å². The minimum Gasteiger partial charge on any atom is -0.302 e. The highest BCUT2D eigenvalue weighted by molar-refractivity contribution is 6.07. The molecule has 0 aliphatic heterocycles. The van der Waals surface area contributed by atoms with Crippen molar-refractivity contribution >= 4 is 22.6 Å². The maximum Gasteiger partial charge on any atom is 0.257 e. The molecule has 0 saturated heterocycles. The maximum atomic E-state index is 12.3. The Morgan fingerprint density at radius 1 is 1.20 bits per heavy atom. The summed E-state index contributed by atoms with van der Waals surface area (Å²) in [5.41, 5.74) is 2.86. The first-order valence-electron chi connectivity index (χ1n) is 6.11. The van der Waals surface area contributed by atoms with Crippen LogP contribution in [-0.2, 0) is 0 Å². The van der Waals surface area contributed by atoms with Crippen LogP contribution in [0.3, 0.4) is 0 Å². The molecule has 20 heavy (non-hydrogen) atoms. The molecule has 100 valence electrons. The van der Waals surface area contributed by atoms with Crippen molar-refractivity contribution in [2.75, 3.05) is 5.32 Å². The van der Waals surface area contributed by atoms with Crippen molar-refractivity contribution in [2.24, 2.45) is 0 Å². The predicted octanol–water partition coefficient (Wildman–Crippen LogP) is 2.49. The zero-order valence-corrected chi connectivity index (χ0v) is 11.0. The third-order valence-electron chi connectivity index (χ3n) is 3.18. The molecule has 2 aromatic heterocycles. The Morgan fingerprint density at radius 3 is 2.80 bits per heavy atom. The number of benzene rings is 1. The zero-order chi connectivity index (χ0) is 14.1. The predicted molar refractivity (Wildman–Crippen MR) is 73.5 cm³/mol. The highest BCUT2D eigenvalue weighted by Gasteiger charge is 2.15. The quantitative estimate of drug-likeness (QED) is 0.772. The molecular formula is C14H12N4O2. The number of aromatic nitrogens is 3. The lowest BCUT2D eigenvalue weighted by molar-refractivity contribution is 0.102. The van der Waals surface area contributed by atoms with Crippen LogP contribution < -0.4 is 5.32 Å². The van der Waals surface area contributed by atoms with Crippen molar-refractivity contribution < 1.29 is 9.42 Å². The van der Waals surface area contributed by atoms with Gasteiger partial charge < -0.3 is 5.32 Å². The summed E-state index contributed by atoms with van der Waals surface area (Å²) in [4.78, 5) is 16.6. The van der Waals surface area contributed by atoms with Crippen LogP contribution in [0, 0.1) is 13.8 Å². The zero-order valence-electron chi connectivity index (χ0n) is 11.0. The third kappa shape index (κ3) is 2.01. The summed E-state index contributed by atoms with van der Waals surface area (Å²) in [5.74, 6) is 0.0905. The van der Waals surface area contributed by atoms with Gasteiger partial charge in [0.05, 0.1) is 5.52 Å². The van der Waals surface area contributed by atoms with Crippen LogP contribution in [0.5, 0.6) is 0 Å². The summed E-state index contributed by atoms with van der Waals surface area (Å²) in [6.45, 7) is 3.61. The average molecular weight is 268 g/mol. The van der Waals surface area contributed by atoms with Gasteiger partial charge in [-0.3, -0.25) is 9.78 Å². The molecule has 3 rings (SSSR count). The second kappa shape index (κ2) is 4.73. The molecule has 0 unspecified atom stereocenters. The SMILES string of the molecule is Cc1nonc1NC(=O)c1ccc2ncccc2c1C. The Bertz CT molecular complexity index is 795. The molecular weight excluding hydrogens is 256 g/mol. The first kappa shape index (κ1) is 12.3. The number of hydrogen-bond donors (Lipinski definition) is 1. The molecule has 0 aliphatic rings. The van der Waals surface area contributed by atoms with Crippen LogP contribution in [0.1, 0.15) is 21.6 Å². The van der Waals surface area contributed by atoms with Gasteiger partial charge in [-0.1, -0.05) is 11.2 Å². The Hall–Kier alpha value is -2.76. The minimum atomic E-state index is -0.243. The Morgan fingerprint density at radius 2 is 2.05 bits per heavy atom. The molecule has 0 spiro atoms. The molecule has 6 nitrogen and oxygen atoms in total. The molecule has 0 saturated carbocycles. The summed E-state index contributed by atoms with van der Waals surface area (Å²) in [7, 11) is 0. The lowest BCUT2D eigenvalue weighted by Crippen LogP contribution is -2.14. The molecule has 1 amide bonds. The van der Waals surface area contributed by atoms with E-state index in [1.807, 2.05) is 25.1 Å². The van der Waals surface area contributed by atoms with Crippen LogP contribution in [0.25, 0.3) is 10.9 Å². The fourth-order valence-electron chi connectivity index (χ4n) is 2.07. The van der Waals surface area contributed by atoms with Crippen LogP contribution in [0.15, 0.2) is 35.1 Å². The van der Waals surface area contributed by atoms with Gasteiger partial charge in [-0.2, -0.15) is 0 Å². The summed E-state index contributed by atoms with van der Waals surface area (Å²) < 4.78 is 4.56. The van der Waals surface area contributed by atoms with Gasteiger partial charge in [0.2, 0.25) is 5.82 Å². The van der Waals surface area contributed by atoms with Gasteiger partial charge in [0.1, 0.15) is 5.69 Å². The third-order valence-corrected chi connectivity index (χ3v) is 3.18. The minimum absolute atomic E-state index is 0.243. The van der Waals surface area contributed by atoms with Crippen molar-refractivity contribution in [1.82, 2.24) is 15.3 Å². The number of hydrogen-bond acceptors (Lipinski definition) is 5. The van der Waals surface area contributed by atoms with Gasteiger partial charge in [0, 0.05) is 17.1 Å². The van der Waals surface area contributed by atoms with Gasteiger partial charge in [0.25, 0.3) is 5.91 Å². The maximum absolute atomic E-state index is 12.3. The van der Waals surface area contributed by atoms with Crippen molar-refractivity contribution in [3.8, 4) is 0 Å². The number of nitrogens with one attached hydrogen (secondary N) is 1. The first-order chi connectivity index (χ1) is 9.66. The highest BCUT2D eigenvalue weighted by atomic mass is 16.6. The molecule has 1 N–H and O–H groups in total. The normalized spacial score (nSPS) is 10.7. The van der Waals surface area contributed by atoms with Crippen molar-refractivity contribution in [3.63, 3.8) is 0 Å². The van der Waals surface area contributed by atoms with Crippen LogP contribution in [0.4, 0.5) is 5.82 Å². The summed E-state index contributed by atoms with van der Waals surface area (Å²) >= 11 is 0. The smallest absolute Gasteiger partial charge is 0.257 e. The Labute approximate surface area is 114 Å². The number of amides is 1. The lowest BCUT2D eigenvalue weighted by atomic mass is 10.0. The van der Waals surface area contributed by atoms with E-state index in [-0.39, 0.29) is 5.91 Å². The van der Waals surface area contributed by atoms with E-state index in [1.165, 1.54) is 0 Å². The largest absolute Gasteiger partial charge is 0.302 e. The molecule has 2 heterocycles. The second-order valence-electron chi connectivity index (χ2n) is 4.46. The van der Waals surface area contributed by atoms with Gasteiger partial charge >= 0.3 is 0 Å². The lowest BCUT2D eigenvalue weighted by Gasteiger charge is -2.08. The van der Waals surface area contributed by atoms with Crippen LogP contribution >= 0.6 is 0 Å². The van der Waals surface area contributed by atoms with Gasteiger partial charge in [-0.05, 0) is 42.8 Å². The van der Waals surface area contributed by atoms with E-state index in [9.17, 15) is 4.79 Å². The molecule has 6 heteroatoms. The van der Waals surface area contributed by atoms with E-state index < -0.39 is 0 Å². The van der Waals surface area contributed by atoms with E-state index >= 15 is 0 Å². The standard InChI is InChI=1S/C14H12N4O2/c1-8-10-4-3-7-15-12(10)6-5-11(8)14(19)16-13-9(2)17-20-18-13/h3-7H,1-2H3,(H,16,18,19). The van der Waals surface area contributed by atoms with Crippen molar-refractivity contribution in [1.29, 1.82) is 0 Å². The van der Waals surface area contributed by atoms with Crippen molar-refractivity contribution in [2.45, 2.75) is 13.8 Å². The topological polar surface area (TPSA) is 80.9 Å². The Kier molecular flexibility index (Phi) is 2.90. The summed E-state index contributed by atoms with van der Waals surface area (Å²) in [5, 5.41) is 10.9. The number of rotatable bonds is 2. The molecule has 3 aromatic rings. The molecule has 1 aromatic carbocycles. The number of nitrogens with zero attached hydrogens (tertiary/aromatic N) is 3. The monoisotopic (exact) mass is 268 g/mol. The fourth-order valence-corrected chi connectivity index (χ4v) is 2.07. The number of carbonyl (C=O) groups excluding carboxylic acids is 1. The van der Waals surface area contributed by atoms with E-state index in [0.29, 0.717) is 17.1 Å². The average Bonchev–Trinajstić information content (AvgIpc) is 2.85. The van der Waals surface area contributed by atoms with E-state index in [0.717, 1.165) is 16.5 Å². The number of fused-ring (bicyclic) bond motifs is 1. The van der Waals surface area contributed by atoms with E-state index in [1.54, 1.807) is 19.2 Å². The summed E-state index contributed by atoms with van der Waals surface area (Å²) in [6.07, 6.45) is 1.73. The van der Waals surface area contributed by atoms with Gasteiger partial charge in [-0.25, -0.2) is 4.63 Å². The molecule has 0 radical (unpaired) electrons. The van der Waals surface area contributed by atoms with Gasteiger partial charge in [0.15, 0.2) is 0 Å². The van der Waals surface area contributed by atoms with Gasteiger partial charge in [-0.15, -0.1) is 0 Å².